The van der Waals surface area contributed by atoms with Crippen molar-refractivity contribution in [3.63, 3.8) is 0 Å². The van der Waals surface area contributed by atoms with Crippen LogP contribution in [-0.2, 0) is 28.7 Å². The molecule has 1 aromatic carbocycles. The van der Waals surface area contributed by atoms with Crippen molar-refractivity contribution in [2.75, 3.05) is 32.9 Å². The number of nitrogens with zero attached hydrogens (tertiary/aromatic N) is 4. The molecule has 2 amide bonds. The maximum absolute atomic E-state index is 14.0. The predicted octanol–water partition coefficient (Wildman–Crippen LogP) is 1.97. The van der Waals surface area contributed by atoms with E-state index in [1.54, 1.807) is 4.90 Å². The molecule has 3 heterocycles. The molecular formula is C26H28ClFN4O6S. The van der Waals surface area contributed by atoms with E-state index in [1.165, 1.54) is 34.7 Å². The molecule has 39 heavy (non-hydrogen) atoms. The molecule has 0 radical (unpaired) electrons. The minimum Gasteiger partial charge on any atom is -0.502 e. The van der Waals surface area contributed by atoms with Gasteiger partial charge in [0.15, 0.2) is 5.75 Å². The van der Waals surface area contributed by atoms with Crippen molar-refractivity contribution in [1.82, 2.24) is 18.7 Å². The molecule has 10 nitrogen and oxygen atoms in total. The Morgan fingerprint density at radius 3 is 2.59 bits per heavy atom. The number of sulfonamides is 1. The molecule has 1 aromatic heterocycles. The number of aromatic nitrogens is 1. The maximum atomic E-state index is 14.0. The monoisotopic (exact) mass is 578 g/mol. The van der Waals surface area contributed by atoms with E-state index in [-0.39, 0.29) is 54.8 Å². The molecule has 0 bridgehead atoms. The van der Waals surface area contributed by atoms with Crippen LogP contribution < -0.4 is 5.56 Å². The summed E-state index contributed by atoms with van der Waals surface area (Å²) in [7, 11) is -2.05. The lowest BCUT2D eigenvalue weighted by Crippen LogP contribution is -2.52. The van der Waals surface area contributed by atoms with E-state index in [9.17, 15) is 32.3 Å². The van der Waals surface area contributed by atoms with Gasteiger partial charge >= 0.3 is 0 Å². The van der Waals surface area contributed by atoms with Crippen molar-refractivity contribution in [3.8, 4) is 5.75 Å². The van der Waals surface area contributed by atoms with Gasteiger partial charge in [-0.3, -0.25) is 19.0 Å². The van der Waals surface area contributed by atoms with Gasteiger partial charge in [0, 0.05) is 44.7 Å². The van der Waals surface area contributed by atoms with E-state index >= 15 is 0 Å². The smallest absolute Gasteiger partial charge is 0.296 e. The molecule has 1 N–H and O–H groups in total. The van der Waals surface area contributed by atoms with Crippen LogP contribution in [0.2, 0.25) is 5.02 Å². The summed E-state index contributed by atoms with van der Waals surface area (Å²) < 4.78 is 40.2. The minimum absolute atomic E-state index is 0.0282. The number of carbonyl (C=O) groups is 2. The standard InChI is InChI=1S/C26H28ClFN4O6S/c1-29(39(2,37)38)9-10-31-24(35)21-16-6-8-30(13-14-3-4-19(28)18(27)11-14)23(34)20(16)22(33)25(36)32(21)26(31)7-5-15-12-17(15)26/h3-4,11,15,17,33H,5-10,12-13H2,1-2H3. The molecule has 2 aliphatic carbocycles. The van der Waals surface area contributed by atoms with E-state index < -0.39 is 44.6 Å². The van der Waals surface area contributed by atoms with Crippen LogP contribution in [0.4, 0.5) is 4.39 Å². The third kappa shape index (κ3) is 3.82. The quantitative estimate of drug-likeness (QED) is 0.560. The molecule has 4 aliphatic rings. The summed E-state index contributed by atoms with van der Waals surface area (Å²) in [4.78, 5) is 44.3. The van der Waals surface area contributed by atoms with E-state index in [0.29, 0.717) is 23.5 Å². The molecule has 13 heteroatoms. The number of hydrogen-bond acceptors (Lipinski definition) is 6. The number of amides is 2. The molecule has 0 saturated heterocycles. The van der Waals surface area contributed by atoms with Gasteiger partial charge in [-0.25, -0.2) is 17.1 Å². The molecule has 2 fully saturated rings. The van der Waals surface area contributed by atoms with Gasteiger partial charge in [0.2, 0.25) is 10.0 Å². The maximum Gasteiger partial charge on any atom is 0.296 e. The van der Waals surface area contributed by atoms with Crippen molar-refractivity contribution < 1.29 is 27.5 Å². The number of halogens is 2. The molecule has 2 aliphatic heterocycles. The summed E-state index contributed by atoms with van der Waals surface area (Å²) in [5, 5.41) is 11.0. The fourth-order valence-corrected chi connectivity index (χ4v) is 7.37. The van der Waals surface area contributed by atoms with Crippen molar-refractivity contribution in [1.29, 1.82) is 0 Å². The zero-order valence-electron chi connectivity index (χ0n) is 21.5. The predicted molar refractivity (Wildman–Crippen MR) is 140 cm³/mol. The molecule has 3 atom stereocenters. The highest BCUT2D eigenvalue weighted by molar-refractivity contribution is 7.88. The lowest BCUT2D eigenvalue weighted by molar-refractivity contribution is 0.0247. The van der Waals surface area contributed by atoms with Gasteiger partial charge in [0.05, 0.1) is 16.8 Å². The molecular weight excluding hydrogens is 551 g/mol. The average molecular weight is 579 g/mol. The van der Waals surface area contributed by atoms with Gasteiger partial charge in [-0.15, -0.1) is 0 Å². The van der Waals surface area contributed by atoms with E-state index in [0.717, 1.165) is 23.4 Å². The Hall–Kier alpha value is -2.96. The lowest BCUT2D eigenvalue weighted by atomic mass is 9.95. The number of fused-ring (bicyclic) bond motifs is 6. The van der Waals surface area contributed by atoms with Crippen LogP contribution >= 0.6 is 11.6 Å². The Morgan fingerprint density at radius 1 is 1.23 bits per heavy atom. The average Bonchev–Trinajstić information content (AvgIpc) is 3.52. The molecule has 3 unspecified atom stereocenters. The van der Waals surface area contributed by atoms with E-state index in [1.807, 2.05) is 0 Å². The second-order valence-corrected chi connectivity index (χ2v) is 13.5. The zero-order chi connectivity index (χ0) is 28.0. The fourth-order valence-electron chi connectivity index (χ4n) is 6.75. The molecule has 2 aromatic rings. The van der Waals surface area contributed by atoms with Gasteiger partial charge in [-0.1, -0.05) is 17.7 Å². The number of rotatable bonds is 6. The van der Waals surface area contributed by atoms with Crippen molar-refractivity contribution >= 4 is 33.4 Å². The van der Waals surface area contributed by atoms with Gasteiger partial charge in [-0.2, -0.15) is 0 Å². The highest BCUT2D eigenvalue weighted by atomic mass is 35.5. The third-order valence-electron chi connectivity index (χ3n) is 8.85. The van der Waals surface area contributed by atoms with E-state index in [2.05, 4.69) is 0 Å². The topological polar surface area (TPSA) is 120 Å². The number of carbonyl (C=O) groups excluding carboxylic acids is 2. The normalized spacial score (nSPS) is 25.5. The summed E-state index contributed by atoms with van der Waals surface area (Å²) in [5.41, 5.74) is -0.932. The Kier molecular flexibility index (Phi) is 5.91. The van der Waals surface area contributed by atoms with Crippen LogP contribution in [0.5, 0.6) is 5.75 Å². The number of hydrogen-bond donors (Lipinski definition) is 1. The summed E-state index contributed by atoms with van der Waals surface area (Å²) >= 11 is 5.89. The van der Waals surface area contributed by atoms with Gasteiger partial charge in [0.25, 0.3) is 17.4 Å². The van der Waals surface area contributed by atoms with Crippen LogP contribution in [-0.4, -0.2) is 76.9 Å². The number of benzene rings is 1. The highest BCUT2D eigenvalue weighted by Gasteiger charge is 2.67. The first-order chi connectivity index (χ1) is 18.4. The van der Waals surface area contributed by atoms with Gasteiger partial charge in [-0.05, 0) is 49.3 Å². The fraction of sp³-hybridized carbons (Fsp3) is 0.500. The first kappa shape index (κ1) is 26.3. The summed E-state index contributed by atoms with van der Waals surface area (Å²) in [5.74, 6) is -1.91. The Morgan fingerprint density at radius 2 is 1.97 bits per heavy atom. The summed E-state index contributed by atoms with van der Waals surface area (Å²) in [6.07, 6.45) is 3.49. The second kappa shape index (κ2) is 8.77. The highest BCUT2D eigenvalue weighted by Crippen LogP contribution is 2.64. The van der Waals surface area contributed by atoms with Gasteiger partial charge in [0.1, 0.15) is 17.2 Å². The van der Waals surface area contributed by atoms with Crippen LogP contribution in [0.3, 0.4) is 0 Å². The van der Waals surface area contributed by atoms with Crippen molar-refractivity contribution in [3.05, 3.63) is 61.8 Å². The van der Waals surface area contributed by atoms with Crippen molar-refractivity contribution in [2.24, 2.45) is 11.8 Å². The Bertz CT molecular complexity index is 1610. The van der Waals surface area contributed by atoms with E-state index in [4.69, 9.17) is 11.6 Å². The SMILES string of the molecule is CN(CCN1C(=O)c2c3c(c(O)c(=O)n2C12CCC1CC12)C(=O)N(Cc1ccc(F)c(Cl)c1)CC3)S(C)(=O)=O. The zero-order valence-corrected chi connectivity index (χ0v) is 23.1. The van der Waals surface area contributed by atoms with Crippen LogP contribution in [0.1, 0.15) is 51.2 Å². The molecule has 6 rings (SSSR count). The number of aromatic hydroxyl groups is 1. The third-order valence-corrected chi connectivity index (χ3v) is 10.5. The Balaban J connectivity index is 1.41. The van der Waals surface area contributed by atoms with Crippen LogP contribution in [0.25, 0.3) is 0 Å². The summed E-state index contributed by atoms with van der Waals surface area (Å²) in [6, 6.07) is 4.13. The largest absolute Gasteiger partial charge is 0.502 e. The minimum atomic E-state index is -3.48. The molecule has 1 spiro atoms. The first-order valence-corrected chi connectivity index (χ1v) is 15.1. The molecule has 208 valence electrons. The van der Waals surface area contributed by atoms with Gasteiger partial charge < -0.3 is 14.9 Å². The second-order valence-electron chi connectivity index (χ2n) is 11.0. The number of likely N-dealkylation sites (N-methyl/N-ethyl adjacent to an activating group) is 1. The first-order valence-electron chi connectivity index (χ1n) is 12.8. The van der Waals surface area contributed by atoms with Crippen LogP contribution in [0, 0.1) is 17.7 Å². The van der Waals surface area contributed by atoms with Crippen molar-refractivity contribution in [2.45, 2.75) is 37.9 Å². The summed E-state index contributed by atoms with van der Waals surface area (Å²) in [6.45, 7) is 0.428. The molecule has 2 saturated carbocycles. The number of pyridine rings is 1. The lowest BCUT2D eigenvalue weighted by Gasteiger charge is -2.38. The Labute approximate surface area is 229 Å². The van der Waals surface area contributed by atoms with Crippen LogP contribution in [0.15, 0.2) is 23.0 Å².